The largest absolute Gasteiger partial charge is 0.379 e. The predicted octanol–water partition coefficient (Wildman–Crippen LogP) is 2.69. The average Bonchev–Trinajstić information content (AvgIpc) is 2.66. The summed E-state index contributed by atoms with van der Waals surface area (Å²) in [6, 6.07) is 9.55. The van der Waals surface area contributed by atoms with Gasteiger partial charge in [0, 0.05) is 43.6 Å². The summed E-state index contributed by atoms with van der Waals surface area (Å²) < 4.78 is 5.35. The van der Waals surface area contributed by atoms with Crippen LogP contribution in [0.5, 0.6) is 0 Å². The lowest BCUT2D eigenvalue weighted by Gasteiger charge is -2.26. The van der Waals surface area contributed by atoms with Gasteiger partial charge in [-0.3, -0.25) is 9.69 Å². The molecule has 6 nitrogen and oxygen atoms in total. The van der Waals surface area contributed by atoms with Gasteiger partial charge in [-0.15, -0.1) is 0 Å². The van der Waals surface area contributed by atoms with Crippen molar-refractivity contribution in [1.82, 2.24) is 9.88 Å². The summed E-state index contributed by atoms with van der Waals surface area (Å²) in [4.78, 5) is 19.2. The van der Waals surface area contributed by atoms with E-state index in [0.29, 0.717) is 11.4 Å². The summed E-state index contributed by atoms with van der Waals surface area (Å²) in [6.07, 6.45) is 1.66. The van der Waals surface area contributed by atoms with E-state index in [9.17, 15) is 4.79 Å². The summed E-state index contributed by atoms with van der Waals surface area (Å²) in [5.41, 5.74) is 3.59. The molecule has 1 aromatic carbocycles. The van der Waals surface area contributed by atoms with Crippen LogP contribution < -0.4 is 10.6 Å². The molecule has 1 aliphatic heterocycles. The molecule has 1 saturated heterocycles. The number of carbonyl (C=O) groups excluding carboxylic acids is 1. The highest BCUT2D eigenvalue weighted by molar-refractivity contribution is 6.05. The quantitative estimate of drug-likeness (QED) is 0.835. The molecular formula is C20H26N4O2. The predicted molar refractivity (Wildman–Crippen MR) is 104 cm³/mol. The third kappa shape index (κ3) is 5.03. The van der Waals surface area contributed by atoms with E-state index in [1.54, 1.807) is 18.3 Å². The third-order valence-electron chi connectivity index (χ3n) is 4.50. The summed E-state index contributed by atoms with van der Waals surface area (Å²) in [7, 11) is 0. The number of ether oxygens (including phenoxy) is 1. The lowest BCUT2D eigenvalue weighted by Crippen LogP contribution is -2.39. The molecule has 0 atom stereocenters. The zero-order chi connectivity index (χ0) is 18.4. The fourth-order valence-electron chi connectivity index (χ4n) is 2.90. The first-order valence-electron chi connectivity index (χ1n) is 9.00. The maximum Gasteiger partial charge on any atom is 0.255 e. The van der Waals surface area contributed by atoms with Crippen LogP contribution in [0.3, 0.4) is 0 Å². The van der Waals surface area contributed by atoms with E-state index in [2.05, 4.69) is 20.5 Å². The van der Waals surface area contributed by atoms with E-state index in [4.69, 9.17) is 4.74 Å². The number of anilines is 2. The number of aryl methyl sites for hydroxylation is 2. The van der Waals surface area contributed by atoms with Crippen LogP contribution in [0.1, 0.15) is 21.5 Å². The second kappa shape index (κ2) is 8.78. The molecule has 0 radical (unpaired) electrons. The second-order valence-electron chi connectivity index (χ2n) is 6.58. The molecule has 2 N–H and O–H groups in total. The van der Waals surface area contributed by atoms with Crippen LogP contribution in [0.25, 0.3) is 0 Å². The Morgan fingerprint density at radius 2 is 2.00 bits per heavy atom. The molecule has 1 fully saturated rings. The van der Waals surface area contributed by atoms with Gasteiger partial charge in [-0.25, -0.2) is 4.98 Å². The van der Waals surface area contributed by atoms with Crippen molar-refractivity contribution in [2.24, 2.45) is 0 Å². The van der Waals surface area contributed by atoms with Gasteiger partial charge in [0.2, 0.25) is 0 Å². The van der Waals surface area contributed by atoms with E-state index in [1.165, 1.54) is 0 Å². The second-order valence-corrected chi connectivity index (χ2v) is 6.58. The average molecular weight is 354 g/mol. The van der Waals surface area contributed by atoms with Crippen molar-refractivity contribution >= 4 is 17.4 Å². The van der Waals surface area contributed by atoms with E-state index >= 15 is 0 Å². The van der Waals surface area contributed by atoms with Crippen molar-refractivity contribution in [3.8, 4) is 0 Å². The first-order chi connectivity index (χ1) is 12.6. The van der Waals surface area contributed by atoms with Gasteiger partial charge in [-0.1, -0.05) is 12.1 Å². The minimum atomic E-state index is -0.127. The highest BCUT2D eigenvalue weighted by atomic mass is 16.5. The summed E-state index contributed by atoms with van der Waals surface area (Å²) in [5, 5.41) is 6.28. The molecule has 0 aliphatic carbocycles. The Morgan fingerprint density at radius 3 is 2.81 bits per heavy atom. The molecule has 0 saturated carbocycles. The van der Waals surface area contributed by atoms with Crippen molar-refractivity contribution in [2.75, 3.05) is 50.0 Å². The SMILES string of the molecule is Cc1ccc(C)c(NC(=O)c2ccnc(NCCN3CCOCC3)c2)c1. The van der Waals surface area contributed by atoms with E-state index < -0.39 is 0 Å². The molecule has 1 amide bonds. The van der Waals surface area contributed by atoms with Gasteiger partial charge in [0.05, 0.1) is 13.2 Å². The van der Waals surface area contributed by atoms with Gasteiger partial charge >= 0.3 is 0 Å². The zero-order valence-corrected chi connectivity index (χ0v) is 15.4. The summed E-state index contributed by atoms with van der Waals surface area (Å²) in [6.45, 7) is 9.25. The van der Waals surface area contributed by atoms with Crippen LogP contribution in [0, 0.1) is 13.8 Å². The minimum absolute atomic E-state index is 0.127. The number of aromatic nitrogens is 1. The number of hydrogen-bond donors (Lipinski definition) is 2. The molecule has 26 heavy (non-hydrogen) atoms. The van der Waals surface area contributed by atoms with Crippen molar-refractivity contribution in [1.29, 1.82) is 0 Å². The lowest BCUT2D eigenvalue weighted by atomic mass is 10.1. The van der Waals surface area contributed by atoms with Crippen molar-refractivity contribution in [3.05, 3.63) is 53.2 Å². The molecular weight excluding hydrogens is 328 g/mol. The molecule has 0 bridgehead atoms. The molecule has 0 spiro atoms. The standard InChI is InChI=1S/C20H26N4O2/c1-15-3-4-16(2)18(13-15)23-20(25)17-5-6-21-19(14-17)22-7-8-24-9-11-26-12-10-24/h3-6,13-14H,7-12H2,1-2H3,(H,21,22)(H,23,25). The highest BCUT2D eigenvalue weighted by Crippen LogP contribution is 2.18. The van der Waals surface area contributed by atoms with E-state index in [-0.39, 0.29) is 5.91 Å². The van der Waals surface area contributed by atoms with Crippen molar-refractivity contribution < 1.29 is 9.53 Å². The Morgan fingerprint density at radius 1 is 1.19 bits per heavy atom. The molecule has 1 aromatic heterocycles. The first-order valence-corrected chi connectivity index (χ1v) is 9.00. The maximum atomic E-state index is 12.6. The van der Waals surface area contributed by atoms with Crippen molar-refractivity contribution in [2.45, 2.75) is 13.8 Å². The van der Waals surface area contributed by atoms with Gasteiger partial charge in [0.15, 0.2) is 0 Å². The molecule has 2 aromatic rings. The Bertz CT molecular complexity index is 757. The van der Waals surface area contributed by atoms with Crippen molar-refractivity contribution in [3.63, 3.8) is 0 Å². The minimum Gasteiger partial charge on any atom is -0.379 e. The number of nitrogens with one attached hydrogen (secondary N) is 2. The van der Waals surface area contributed by atoms with Gasteiger partial charge in [-0.05, 0) is 43.2 Å². The Balaban J connectivity index is 1.57. The molecule has 3 rings (SSSR count). The fraction of sp³-hybridized carbons (Fsp3) is 0.400. The summed E-state index contributed by atoms with van der Waals surface area (Å²) in [5.74, 6) is 0.587. The van der Waals surface area contributed by atoms with Crippen LogP contribution >= 0.6 is 0 Å². The third-order valence-corrected chi connectivity index (χ3v) is 4.50. The molecule has 138 valence electrons. The Kier molecular flexibility index (Phi) is 6.20. The number of hydrogen-bond acceptors (Lipinski definition) is 5. The molecule has 0 unspecified atom stereocenters. The highest BCUT2D eigenvalue weighted by Gasteiger charge is 2.11. The number of carbonyl (C=O) groups is 1. The van der Waals surface area contributed by atoms with Gasteiger partial charge in [0.25, 0.3) is 5.91 Å². The molecule has 1 aliphatic rings. The number of benzene rings is 1. The zero-order valence-electron chi connectivity index (χ0n) is 15.4. The van der Waals surface area contributed by atoms with Gasteiger partial charge < -0.3 is 15.4 Å². The maximum absolute atomic E-state index is 12.6. The number of pyridine rings is 1. The summed E-state index contributed by atoms with van der Waals surface area (Å²) >= 11 is 0. The van der Waals surface area contributed by atoms with Crippen LogP contribution in [0.15, 0.2) is 36.5 Å². The fourth-order valence-corrected chi connectivity index (χ4v) is 2.90. The van der Waals surface area contributed by atoms with Crippen LogP contribution in [0.4, 0.5) is 11.5 Å². The smallest absolute Gasteiger partial charge is 0.255 e. The molecule has 2 heterocycles. The number of amides is 1. The van der Waals surface area contributed by atoms with Crippen LogP contribution in [-0.4, -0.2) is 55.2 Å². The van der Waals surface area contributed by atoms with E-state index in [1.807, 2.05) is 32.0 Å². The van der Waals surface area contributed by atoms with Gasteiger partial charge in [0.1, 0.15) is 5.82 Å². The van der Waals surface area contributed by atoms with Crippen LogP contribution in [-0.2, 0) is 4.74 Å². The topological polar surface area (TPSA) is 66.5 Å². The number of morpholine rings is 1. The number of rotatable bonds is 6. The number of nitrogens with zero attached hydrogens (tertiary/aromatic N) is 2. The van der Waals surface area contributed by atoms with Gasteiger partial charge in [-0.2, -0.15) is 0 Å². The monoisotopic (exact) mass is 354 g/mol. The van der Waals surface area contributed by atoms with E-state index in [0.717, 1.165) is 56.2 Å². The Labute approximate surface area is 154 Å². The molecule has 6 heteroatoms. The first kappa shape index (κ1) is 18.4. The van der Waals surface area contributed by atoms with Crippen LogP contribution in [0.2, 0.25) is 0 Å². The normalized spacial score (nSPS) is 14.8. The lowest BCUT2D eigenvalue weighted by molar-refractivity contribution is 0.0398. The Hall–Kier alpha value is -2.44.